The van der Waals surface area contributed by atoms with Crippen LogP contribution in [0.5, 0.6) is 0 Å². The van der Waals surface area contributed by atoms with E-state index >= 15 is 0 Å². The summed E-state index contributed by atoms with van der Waals surface area (Å²) in [6.07, 6.45) is 3.15. The van der Waals surface area contributed by atoms with Gasteiger partial charge in [-0.25, -0.2) is 22.0 Å². The lowest BCUT2D eigenvalue weighted by molar-refractivity contribution is -0.137. The van der Waals surface area contributed by atoms with Gasteiger partial charge in [0.05, 0.1) is 11.3 Å². The highest BCUT2D eigenvalue weighted by Gasteiger charge is 2.33. The topological polar surface area (TPSA) is 113 Å². The van der Waals surface area contributed by atoms with Gasteiger partial charge < -0.3 is 15.2 Å². The van der Waals surface area contributed by atoms with Crippen LogP contribution in [-0.4, -0.2) is 48.6 Å². The Morgan fingerprint density at radius 3 is 2.52 bits per heavy atom. The summed E-state index contributed by atoms with van der Waals surface area (Å²) in [5.74, 6) is -3.67. The van der Waals surface area contributed by atoms with E-state index in [9.17, 15) is 31.9 Å². The molecule has 0 saturated carbocycles. The average molecular weight is 655 g/mol. The molecule has 8 nitrogen and oxygen atoms in total. The number of ether oxygens (including phenoxy) is 1. The van der Waals surface area contributed by atoms with E-state index in [0.29, 0.717) is 23.1 Å². The molecule has 0 bridgehead atoms. The fraction of sp³-hybridized carbons (Fsp3) is 0.371. The highest BCUT2D eigenvalue weighted by molar-refractivity contribution is 7.89. The van der Waals surface area contributed by atoms with Gasteiger partial charge in [0.2, 0.25) is 10.0 Å². The van der Waals surface area contributed by atoms with Crippen molar-refractivity contribution >= 4 is 28.2 Å². The van der Waals surface area contributed by atoms with Crippen molar-refractivity contribution in [2.45, 2.75) is 70.4 Å². The van der Waals surface area contributed by atoms with Crippen LogP contribution in [0, 0.1) is 24.5 Å². The molecule has 0 saturated heterocycles. The van der Waals surface area contributed by atoms with Gasteiger partial charge in [0.15, 0.2) is 0 Å². The maximum absolute atomic E-state index is 14.8. The van der Waals surface area contributed by atoms with Gasteiger partial charge in [0, 0.05) is 31.6 Å². The van der Waals surface area contributed by atoms with Gasteiger partial charge in [-0.2, -0.15) is 4.31 Å². The number of aliphatic carboxylic acids is 1. The Hall–Kier alpha value is -4.09. The van der Waals surface area contributed by atoms with Gasteiger partial charge >= 0.3 is 12.1 Å². The van der Waals surface area contributed by atoms with Crippen molar-refractivity contribution in [1.29, 1.82) is 0 Å². The molecule has 0 fully saturated rings. The van der Waals surface area contributed by atoms with Gasteiger partial charge in [-0.3, -0.25) is 4.79 Å². The minimum atomic E-state index is -3.91. The van der Waals surface area contributed by atoms with Crippen molar-refractivity contribution in [2.75, 3.05) is 13.1 Å². The first kappa shape index (κ1) is 34.8. The molecule has 246 valence electrons. The van der Waals surface area contributed by atoms with Gasteiger partial charge in [-0.05, 0) is 85.5 Å². The molecule has 0 radical (unpaired) electrons. The molecule has 0 aromatic heterocycles. The Labute approximate surface area is 269 Å². The molecule has 1 heterocycles. The van der Waals surface area contributed by atoms with Crippen LogP contribution in [-0.2, 0) is 32.5 Å². The number of hydrogen-bond acceptors (Lipinski definition) is 5. The first-order chi connectivity index (χ1) is 21.5. The first-order valence-electron chi connectivity index (χ1n) is 15.1. The van der Waals surface area contributed by atoms with Gasteiger partial charge in [0.25, 0.3) is 0 Å². The summed E-state index contributed by atoms with van der Waals surface area (Å²) in [6.45, 7) is 9.70. The largest absolute Gasteiger partial charge is 0.481 e. The third kappa shape index (κ3) is 8.79. The number of benzene rings is 3. The summed E-state index contributed by atoms with van der Waals surface area (Å²) in [5.41, 5.74) is 2.88. The number of sulfonamides is 1. The van der Waals surface area contributed by atoms with E-state index in [1.165, 1.54) is 10.4 Å². The number of hydrogen-bond donors (Lipinski definition) is 2. The van der Waals surface area contributed by atoms with E-state index in [4.69, 9.17) is 4.74 Å². The minimum absolute atomic E-state index is 0.0133. The molecular formula is C35H40F2N2O6S. The zero-order valence-electron chi connectivity index (χ0n) is 26.6. The number of carbonyl (C=O) groups excluding carboxylic acids is 1. The van der Waals surface area contributed by atoms with Crippen molar-refractivity contribution in [2.24, 2.45) is 5.92 Å². The quantitative estimate of drug-likeness (QED) is 0.263. The predicted molar refractivity (Wildman–Crippen MR) is 172 cm³/mol. The maximum atomic E-state index is 14.8. The predicted octanol–water partition coefficient (Wildman–Crippen LogP) is 6.80. The maximum Gasteiger partial charge on any atom is 0.407 e. The second-order valence-electron chi connectivity index (χ2n) is 12.8. The number of fused-ring (bicyclic) bond motifs is 1. The summed E-state index contributed by atoms with van der Waals surface area (Å²) < 4.78 is 63.0. The second-order valence-corrected chi connectivity index (χ2v) is 14.7. The highest BCUT2D eigenvalue weighted by Crippen LogP contribution is 2.34. The first-order valence-corrected chi connectivity index (χ1v) is 16.5. The third-order valence-electron chi connectivity index (χ3n) is 7.70. The van der Waals surface area contributed by atoms with E-state index in [2.05, 4.69) is 5.32 Å². The molecule has 46 heavy (non-hydrogen) atoms. The number of amides is 1. The molecule has 3 aromatic rings. The number of aryl methyl sites for hydroxylation is 1. The fourth-order valence-electron chi connectivity index (χ4n) is 5.57. The summed E-state index contributed by atoms with van der Waals surface area (Å²) in [4.78, 5) is 23.8. The van der Waals surface area contributed by atoms with Crippen LogP contribution in [0.3, 0.4) is 0 Å². The van der Waals surface area contributed by atoms with Crippen molar-refractivity contribution in [3.63, 3.8) is 0 Å². The van der Waals surface area contributed by atoms with Gasteiger partial charge in [-0.1, -0.05) is 55.5 Å². The zero-order chi connectivity index (χ0) is 33.8. The Balaban J connectivity index is 1.59. The molecule has 0 aliphatic carbocycles. The molecule has 3 aromatic carbocycles. The van der Waals surface area contributed by atoms with Gasteiger partial charge in [0.1, 0.15) is 17.2 Å². The molecule has 4 rings (SSSR count). The fourth-order valence-corrected chi connectivity index (χ4v) is 7.33. The lowest BCUT2D eigenvalue weighted by Crippen LogP contribution is -2.33. The number of carbonyl (C=O) groups is 2. The Morgan fingerprint density at radius 2 is 1.85 bits per heavy atom. The van der Waals surface area contributed by atoms with E-state index in [1.807, 2.05) is 26.0 Å². The molecule has 2 N–H and O–H groups in total. The summed E-state index contributed by atoms with van der Waals surface area (Å²) in [7, 11) is -3.91. The molecule has 0 spiro atoms. The van der Waals surface area contributed by atoms with Crippen LogP contribution in [0.1, 0.15) is 73.4 Å². The molecule has 11 heteroatoms. The zero-order valence-corrected chi connectivity index (χ0v) is 27.5. The highest BCUT2D eigenvalue weighted by atomic mass is 32.2. The van der Waals surface area contributed by atoms with E-state index < -0.39 is 51.7 Å². The number of nitrogens with one attached hydrogen (secondary N) is 1. The summed E-state index contributed by atoms with van der Waals surface area (Å²) >= 11 is 0. The smallest absolute Gasteiger partial charge is 0.407 e. The van der Waals surface area contributed by atoms with Crippen molar-refractivity contribution in [3.8, 4) is 0 Å². The van der Waals surface area contributed by atoms with E-state index in [-0.39, 0.29) is 36.0 Å². The summed E-state index contributed by atoms with van der Waals surface area (Å²) in [6, 6.07) is 13.4. The SMILES string of the molecule is Cc1ccc(C(CC(=O)O)c2ccc(F)cc2F)cc1CN1CC(C)Cc2cc(C=CCNC(=O)OC(C)(C)C)ccc2S1(=O)=O. The number of carboxylic acid groups (broad SMARTS) is 1. The number of alkyl carbamates (subject to hydrolysis) is 1. The number of nitrogens with zero attached hydrogens (tertiary/aromatic N) is 1. The number of carboxylic acids is 1. The molecular weight excluding hydrogens is 614 g/mol. The number of halogens is 2. The van der Waals surface area contributed by atoms with Crippen molar-refractivity contribution in [1.82, 2.24) is 9.62 Å². The third-order valence-corrected chi connectivity index (χ3v) is 9.61. The average Bonchev–Trinajstić information content (AvgIpc) is 3.02. The lowest BCUT2D eigenvalue weighted by Gasteiger charge is -2.24. The lowest BCUT2D eigenvalue weighted by atomic mass is 9.86. The molecule has 2 atom stereocenters. The van der Waals surface area contributed by atoms with Crippen LogP contribution >= 0.6 is 0 Å². The Bertz CT molecular complexity index is 1750. The normalized spacial score (nSPS) is 17.2. The van der Waals surface area contributed by atoms with Crippen LogP contribution in [0.2, 0.25) is 0 Å². The molecule has 1 amide bonds. The van der Waals surface area contributed by atoms with Crippen LogP contribution < -0.4 is 5.32 Å². The molecule has 2 unspecified atom stereocenters. The van der Waals surface area contributed by atoms with Gasteiger partial charge in [-0.15, -0.1) is 0 Å². The monoisotopic (exact) mass is 654 g/mol. The minimum Gasteiger partial charge on any atom is -0.481 e. The van der Waals surface area contributed by atoms with E-state index in [1.54, 1.807) is 57.2 Å². The van der Waals surface area contributed by atoms with Crippen LogP contribution in [0.4, 0.5) is 13.6 Å². The van der Waals surface area contributed by atoms with E-state index in [0.717, 1.165) is 23.3 Å². The van der Waals surface area contributed by atoms with Crippen LogP contribution in [0.25, 0.3) is 6.08 Å². The Kier molecular flexibility index (Phi) is 10.7. The van der Waals surface area contributed by atoms with Crippen molar-refractivity contribution in [3.05, 3.63) is 106 Å². The Morgan fingerprint density at radius 1 is 1.11 bits per heavy atom. The summed E-state index contributed by atoms with van der Waals surface area (Å²) in [5, 5.41) is 12.2. The molecule has 1 aliphatic heterocycles. The standard InChI is InChI=1S/C35H40F2N2O6S/c1-22-15-26-16-24(7-6-14-38-34(42)45-35(3,4)5)9-13-32(26)46(43,44)39(20-22)21-27-17-25(10-8-23(27)2)30(19-33(40)41)29-12-11-28(36)18-31(29)37/h6-13,16-18,22,30H,14-15,19-21H2,1-5H3,(H,38,42)(H,40,41). The molecule has 1 aliphatic rings. The van der Waals surface area contributed by atoms with Crippen molar-refractivity contribution < 1.29 is 36.6 Å². The van der Waals surface area contributed by atoms with Crippen LogP contribution in [0.15, 0.2) is 65.6 Å². The number of rotatable bonds is 9. The second kappa shape index (κ2) is 14.1.